The van der Waals surface area contributed by atoms with E-state index in [9.17, 15) is 19.8 Å². The molecule has 7 heteroatoms. The number of fused-ring (bicyclic) bond motifs is 1. The van der Waals surface area contributed by atoms with Gasteiger partial charge in [-0.3, -0.25) is 4.79 Å². The van der Waals surface area contributed by atoms with E-state index in [1.54, 1.807) is 44.2 Å². The third-order valence-corrected chi connectivity index (χ3v) is 5.02. The fourth-order valence-electron chi connectivity index (χ4n) is 3.04. The second kappa shape index (κ2) is 10.3. The quantitative estimate of drug-likeness (QED) is 0.446. The van der Waals surface area contributed by atoms with Crippen LogP contribution in [0.5, 0.6) is 0 Å². The van der Waals surface area contributed by atoms with Gasteiger partial charge in [0.2, 0.25) is 0 Å². The minimum Gasteiger partial charge on any atom is -0.458 e. The van der Waals surface area contributed by atoms with Crippen LogP contribution >= 0.6 is 0 Å². The summed E-state index contributed by atoms with van der Waals surface area (Å²) in [5.41, 5.74) is 8.01. The molecule has 1 aromatic rings. The Bertz CT molecular complexity index is 801. The van der Waals surface area contributed by atoms with E-state index < -0.39 is 30.1 Å². The van der Waals surface area contributed by atoms with Gasteiger partial charge in [-0.05, 0) is 49.5 Å². The van der Waals surface area contributed by atoms with Crippen LogP contribution < -0.4 is 5.73 Å². The van der Waals surface area contributed by atoms with Crippen molar-refractivity contribution in [1.82, 2.24) is 0 Å². The number of aryl methyl sites for hydroxylation is 1. The maximum Gasteiger partial charge on any atom is 0.341 e. The number of aliphatic hydroxyl groups is 3. The lowest BCUT2D eigenvalue weighted by Gasteiger charge is -2.20. The second-order valence-corrected chi connectivity index (χ2v) is 7.36. The fraction of sp³-hybridized carbons (Fsp3) is 0.455. The van der Waals surface area contributed by atoms with Gasteiger partial charge in [0.05, 0.1) is 11.7 Å². The monoisotopic (exact) mass is 403 g/mol. The summed E-state index contributed by atoms with van der Waals surface area (Å²) < 4.78 is 5.55. The zero-order valence-corrected chi connectivity index (χ0v) is 16.7. The molecule has 0 bridgehead atoms. The summed E-state index contributed by atoms with van der Waals surface area (Å²) in [6, 6.07) is 3.48. The molecule has 1 heterocycles. The van der Waals surface area contributed by atoms with Crippen LogP contribution in [0.3, 0.4) is 0 Å². The van der Waals surface area contributed by atoms with Crippen LogP contribution in [0, 0.1) is 5.92 Å². The van der Waals surface area contributed by atoms with Crippen molar-refractivity contribution in [3.63, 3.8) is 0 Å². The number of carbonyl (C=O) groups excluding carboxylic acids is 2. The molecule has 1 aromatic carbocycles. The number of ketones is 1. The third-order valence-electron chi connectivity index (χ3n) is 5.02. The first-order chi connectivity index (χ1) is 13.7. The standard InChI is InChI=1S/C22H29NO6/c1-13-8-9-19(26)21(27)18(25)7-3-6-16-11-15(5-4-10-24)12-17(23)20(16)22(28)29-14(13)2/h3,6,8-9,11-14,18,21,24-25,27H,4-5,7,10,23H2,1-2H3/b6-3+,9-8-. The molecule has 0 radical (unpaired) electrons. The number of esters is 1. The third kappa shape index (κ3) is 6.00. The molecule has 1 aliphatic rings. The molecule has 2 rings (SSSR count). The van der Waals surface area contributed by atoms with E-state index in [1.807, 2.05) is 0 Å². The molecule has 0 spiro atoms. The number of ether oxygens (including phenoxy) is 1. The minimum atomic E-state index is -1.54. The number of anilines is 1. The van der Waals surface area contributed by atoms with Crippen molar-refractivity contribution in [3.8, 4) is 0 Å². The van der Waals surface area contributed by atoms with Crippen molar-refractivity contribution in [3.05, 3.63) is 47.1 Å². The summed E-state index contributed by atoms with van der Waals surface area (Å²) in [5, 5.41) is 29.2. The molecule has 158 valence electrons. The van der Waals surface area contributed by atoms with Crippen LogP contribution in [0.4, 0.5) is 5.69 Å². The first-order valence-corrected chi connectivity index (χ1v) is 9.73. The molecule has 7 nitrogen and oxygen atoms in total. The number of hydrogen-bond acceptors (Lipinski definition) is 7. The molecule has 0 aromatic heterocycles. The molecule has 5 N–H and O–H groups in total. The van der Waals surface area contributed by atoms with Gasteiger partial charge in [0.1, 0.15) is 12.2 Å². The predicted octanol–water partition coefficient (Wildman–Crippen LogP) is 1.64. The fourth-order valence-corrected chi connectivity index (χ4v) is 3.04. The number of nitrogen functional groups attached to an aromatic ring is 1. The minimum absolute atomic E-state index is 0.0158. The largest absolute Gasteiger partial charge is 0.458 e. The van der Waals surface area contributed by atoms with Crippen molar-refractivity contribution in [1.29, 1.82) is 0 Å². The van der Waals surface area contributed by atoms with Gasteiger partial charge in [0, 0.05) is 18.2 Å². The van der Waals surface area contributed by atoms with Crippen LogP contribution in [0.25, 0.3) is 6.08 Å². The Kier molecular flexibility index (Phi) is 8.13. The van der Waals surface area contributed by atoms with E-state index in [0.29, 0.717) is 18.4 Å². The zero-order chi connectivity index (χ0) is 21.6. The maximum atomic E-state index is 12.8. The second-order valence-electron chi connectivity index (χ2n) is 7.36. The number of carbonyl (C=O) groups is 2. The average Bonchev–Trinajstić information content (AvgIpc) is 2.68. The Labute approximate surface area is 170 Å². The topological polar surface area (TPSA) is 130 Å². The zero-order valence-electron chi connectivity index (χ0n) is 16.7. The Morgan fingerprint density at radius 3 is 2.59 bits per heavy atom. The van der Waals surface area contributed by atoms with E-state index in [1.165, 1.54) is 6.08 Å². The van der Waals surface area contributed by atoms with Gasteiger partial charge in [-0.2, -0.15) is 0 Å². The Hall–Kier alpha value is -2.48. The predicted molar refractivity (Wildman–Crippen MR) is 110 cm³/mol. The van der Waals surface area contributed by atoms with E-state index in [2.05, 4.69) is 0 Å². The van der Waals surface area contributed by atoms with Crippen LogP contribution in [0.2, 0.25) is 0 Å². The number of cyclic esters (lactones) is 1. The Morgan fingerprint density at radius 1 is 1.17 bits per heavy atom. The molecular formula is C22H29NO6. The van der Waals surface area contributed by atoms with Crippen molar-refractivity contribution < 1.29 is 29.6 Å². The molecule has 0 amide bonds. The molecule has 0 saturated heterocycles. The molecular weight excluding hydrogens is 374 g/mol. The molecule has 0 aliphatic carbocycles. The summed E-state index contributed by atoms with van der Waals surface area (Å²) in [6.07, 6.45) is 3.74. The van der Waals surface area contributed by atoms with Gasteiger partial charge in [-0.15, -0.1) is 0 Å². The van der Waals surface area contributed by atoms with Crippen LogP contribution in [0.15, 0.2) is 30.4 Å². The van der Waals surface area contributed by atoms with Gasteiger partial charge >= 0.3 is 5.97 Å². The highest BCUT2D eigenvalue weighted by Gasteiger charge is 2.24. The highest BCUT2D eigenvalue weighted by molar-refractivity contribution is 5.99. The van der Waals surface area contributed by atoms with Gasteiger partial charge < -0.3 is 25.8 Å². The molecule has 29 heavy (non-hydrogen) atoms. The van der Waals surface area contributed by atoms with Crippen LogP contribution in [-0.2, 0) is 16.0 Å². The van der Waals surface area contributed by atoms with Gasteiger partial charge in [0.15, 0.2) is 5.78 Å². The van der Waals surface area contributed by atoms with E-state index in [-0.39, 0.29) is 30.2 Å². The number of benzene rings is 1. The SMILES string of the molecule is CC1/C=C\C(=O)C(O)C(O)C/C=C/c2cc(CCCO)cc(N)c2C(=O)OC1C. The molecule has 4 atom stereocenters. The lowest BCUT2D eigenvalue weighted by atomic mass is 9.97. The molecule has 4 unspecified atom stereocenters. The van der Waals surface area contributed by atoms with Gasteiger partial charge in [0.25, 0.3) is 0 Å². The molecule has 1 aliphatic heterocycles. The lowest BCUT2D eigenvalue weighted by Crippen LogP contribution is -2.32. The van der Waals surface area contributed by atoms with Gasteiger partial charge in [-0.25, -0.2) is 4.79 Å². The van der Waals surface area contributed by atoms with Crippen LogP contribution in [-0.4, -0.2) is 52.0 Å². The average molecular weight is 403 g/mol. The number of rotatable bonds is 3. The summed E-state index contributed by atoms with van der Waals surface area (Å²) in [4.78, 5) is 24.8. The number of nitrogens with two attached hydrogens (primary N) is 1. The highest BCUT2D eigenvalue weighted by Crippen LogP contribution is 2.25. The van der Waals surface area contributed by atoms with E-state index in [4.69, 9.17) is 15.6 Å². The number of aliphatic hydroxyl groups excluding tert-OH is 3. The van der Waals surface area contributed by atoms with Crippen molar-refractivity contribution >= 4 is 23.5 Å². The van der Waals surface area contributed by atoms with Crippen molar-refractivity contribution in [2.75, 3.05) is 12.3 Å². The normalized spacial score (nSPS) is 28.2. The van der Waals surface area contributed by atoms with E-state index >= 15 is 0 Å². The number of hydrogen-bond donors (Lipinski definition) is 4. The summed E-state index contributed by atoms with van der Waals surface area (Å²) >= 11 is 0. The lowest BCUT2D eigenvalue weighted by molar-refractivity contribution is -0.127. The Morgan fingerprint density at radius 2 is 1.90 bits per heavy atom. The molecule has 0 fully saturated rings. The molecule has 0 saturated carbocycles. The summed E-state index contributed by atoms with van der Waals surface area (Å²) in [6.45, 7) is 3.52. The smallest absolute Gasteiger partial charge is 0.341 e. The first kappa shape index (κ1) is 22.8. The Balaban J connectivity index is 2.47. The highest BCUT2D eigenvalue weighted by atomic mass is 16.5. The van der Waals surface area contributed by atoms with Gasteiger partial charge in [-0.1, -0.05) is 31.2 Å². The van der Waals surface area contributed by atoms with Crippen molar-refractivity contribution in [2.24, 2.45) is 5.92 Å². The summed E-state index contributed by atoms with van der Waals surface area (Å²) in [5.74, 6) is -1.48. The summed E-state index contributed by atoms with van der Waals surface area (Å²) in [7, 11) is 0. The van der Waals surface area contributed by atoms with Crippen LogP contribution in [0.1, 0.15) is 48.2 Å². The first-order valence-electron chi connectivity index (χ1n) is 9.73. The maximum absolute atomic E-state index is 12.8. The van der Waals surface area contributed by atoms with Crippen molar-refractivity contribution in [2.45, 2.75) is 51.4 Å². The van der Waals surface area contributed by atoms with E-state index in [0.717, 1.165) is 5.56 Å².